The first-order valence-electron chi connectivity index (χ1n) is 16.0. The predicted molar refractivity (Wildman–Crippen MR) is 162 cm³/mol. The number of likely N-dealkylation sites (N-methyl/N-ethyl adjacent to an activating group) is 1. The summed E-state index contributed by atoms with van der Waals surface area (Å²) in [6, 6.07) is 4.51. The number of alkyl halides is 2. The van der Waals surface area contributed by atoms with Crippen LogP contribution in [0.15, 0.2) is 23.7 Å². The van der Waals surface area contributed by atoms with E-state index in [1.165, 1.54) is 12.8 Å². The Hall–Kier alpha value is -3.32. The highest BCUT2D eigenvalue weighted by Crippen LogP contribution is 2.37. The molecule has 44 heavy (non-hydrogen) atoms. The van der Waals surface area contributed by atoms with Crippen LogP contribution in [-0.2, 0) is 22.6 Å². The van der Waals surface area contributed by atoms with Gasteiger partial charge in [0.05, 0.1) is 19.3 Å². The Bertz CT molecular complexity index is 1310. The van der Waals surface area contributed by atoms with Crippen molar-refractivity contribution in [2.75, 3.05) is 52.2 Å². The van der Waals surface area contributed by atoms with Crippen LogP contribution in [0, 0.1) is 0 Å². The maximum atomic E-state index is 13.6. The van der Waals surface area contributed by atoms with Gasteiger partial charge in [-0.25, -0.2) is 8.78 Å². The van der Waals surface area contributed by atoms with Gasteiger partial charge in [0.15, 0.2) is 0 Å². The summed E-state index contributed by atoms with van der Waals surface area (Å²) < 4.78 is 32.9. The zero-order valence-corrected chi connectivity index (χ0v) is 26.1. The Labute approximate surface area is 258 Å². The number of carbonyl (C=O) groups excluding carboxylic acids is 2. The first kappa shape index (κ1) is 30.7. The Morgan fingerprint density at radius 2 is 1.86 bits per heavy atom. The van der Waals surface area contributed by atoms with E-state index in [1.54, 1.807) is 12.0 Å². The van der Waals surface area contributed by atoms with Gasteiger partial charge in [-0.3, -0.25) is 25.5 Å². The van der Waals surface area contributed by atoms with Crippen LogP contribution in [0.2, 0.25) is 0 Å². The van der Waals surface area contributed by atoms with E-state index in [1.807, 2.05) is 29.0 Å². The molecule has 0 radical (unpaired) electrons. The number of hydrogen-bond acceptors (Lipinski definition) is 9. The van der Waals surface area contributed by atoms with E-state index in [0.29, 0.717) is 42.7 Å². The Kier molecular flexibility index (Phi) is 8.29. The lowest BCUT2D eigenvalue weighted by molar-refractivity contribution is -0.135. The maximum absolute atomic E-state index is 13.6. The fraction of sp³-hybridized carbons (Fsp3) is 0.677. The third kappa shape index (κ3) is 6.00. The third-order valence-corrected chi connectivity index (χ3v) is 9.94. The van der Waals surface area contributed by atoms with Crippen LogP contribution < -0.4 is 26.4 Å². The lowest BCUT2D eigenvalue weighted by atomic mass is 9.98. The number of nitrogens with two attached hydrogens (primary N) is 1. The first-order chi connectivity index (χ1) is 21.0. The molecule has 242 valence electrons. The second-order valence-corrected chi connectivity index (χ2v) is 13.0. The van der Waals surface area contributed by atoms with Crippen LogP contribution in [-0.4, -0.2) is 102 Å². The molecule has 0 bridgehead atoms. The van der Waals surface area contributed by atoms with Gasteiger partial charge in [-0.15, -0.1) is 0 Å². The molecule has 5 N–H and O–H groups in total. The predicted octanol–water partition coefficient (Wildman–Crippen LogP) is 2.15. The van der Waals surface area contributed by atoms with Gasteiger partial charge in [0, 0.05) is 64.7 Å². The fourth-order valence-corrected chi connectivity index (χ4v) is 7.50. The summed E-state index contributed by atoms with van der Waals surface area (Å²) in [4.78, 5) is 34.6. The minimum atomic E-state index is -2.64. The lowest BCUT2D eigenvalue weighted by Crippen LogP contribution is -2.76. The molecule has 1 saturated heterocycles. The van der Waals surface area contributed by atoms with E-state index in [-0.39, 0.29) is 50.3 Å². The molecular weight excluding hydrogens is 570 g/mol. The summed E-state index contributed by atoms with van der Waals surface area (Å²) in [5.74, 6) is -3.10. The van der Waals surface area contributed by atoms with Crippen LogP contribution in [0.4, 0.5) is 14.5 Å². The lowest BCUT2D eigenvalue weighted by Gasteiger charge is -2.52. The average molecular weight is 617 g/mol. The number of fused-ring (bicyclic) bond motifs is 1. The maximum Gasteiger partial charge on any atom is 0.275 e. The number of piperidine rings is 1. The second-order valence-electron chi connectivity index (χ2n) is 13.0. The van der Waals surface area contributed by atoms with E-state index >= 15 is 0 Å². The minimum Gasteiger partial charge on any atom is -0.495 e. The molecule has 1 saturated carbocycles. The highest BCUT2D eigenvalue weighted by Gasteiger charge is 2.46. The number of halogens is 2. The van der Waals surface area contributed by atoms with Gasteiger partial charge in [0.2, 0.25) is 11.8 Å². The summed E-state index contributed by atoms with van der Waals surface area (Å²) in [5.41, 5.74) is 10.1. The molecule has 0 aromatic heterocycles. The molecule has 0 spiro atoms. The Balaban J connectivity index is 1.19. The van der Waals surface area contributed by atoms with Crippen molar-refractivity contribution in [3.8, 4) is 5.75 Å². The highest BCUT2D eigenvalue weighted by molar-refractivity contribution is 5.95. The van der Waals surface area contributed by atoms with Crippen molar-refractivity contribution < 1.29 is 23.1 Å². The van der Waals surface area contributed by atoms with Gasteiger partial charge in [-0.05, 0) is 48.9 Å². The summed E-state index contributed by atoms with van der Waals surface area (Å²) in [7, 11) is 3.53. The average Bonchev–Trinajstić information content (AvgIpc) is 3.51. The number of likely N-dealkylation sites (tertiary alicyclic amines) is 1. The summed E-state index contributed by atoms with van der Waals surface area (Å²) in [6.45, 7) is 4.50. The smallest absolute Gasteiger partial charge is 0.275 e. The van der Waals surface area contributed by atoms with Gasteiger partial charge < -0.3 is 30.1 Å². The Morgan fingerprint density at radius 1 is 1.14 bits per heavy atom. The molecule has 2 atom stereocenters. The van der Waals surface area contributed by atoms with Gasteiger partial charge in [-0.1, -0.05) is 19.8 Å². The van der Waals surface area contributed by atoms with E-state index in [9.17, 15) is 18.4 Å². The summed E-state index contributed by atoms with van der Waals surface area (Å²) in [6.07, 6.45) is 5.72. The number of benzene rings is 1. The van der Waals surface area contributed by atoms with Crippen LogP contribution in [0.1, 0.15) is 63.0 Å². The molecule has 4 aliphatic heterocycles. The molecule has 6 rings (SSSR count). The van der Waals surface area contributed by atoms with Crippen molar-refractivity contribution in [1.82, 2.24) is 30.2 Å². The molecule has 1 aliphatic carbocycles. The molecule has 1 aromatic rings. The minimum absolute atomic E-state index is 0.0595. The SMILES string of the molecule is CCC1CN(C)C2=C(N[C@@](N)(Nc3cc4c(cc3OC)CN(C(=O)CN3CCC(F)(F)CC3)CC4)NC2=O)N1C1CCCC1. The normalized spacial score (nSPS) is 27.5. The number of nitrogens with zero attached hydrogens (tertiary/aromatic N) is 4. The summed E-state index contributed by atoms with van der Waals surface area (Å²) >= 11 is 0. The number of methoxy groups -OCH3 is 1. The van der Waals surface area contributed by atoms with Gasteiger partial charge in [-0.2, -0.15) is 0 Å². The molecule has 1 unspecified atom stereocenters. The number of hydrogen-bond donors (Lipinski definition) is 4. The van der Waals surface area contributed by atoms with Gasteiger partial charge >= 0.3 is 0 Å². The third-order valence-electron chi connectivity index (χ3n) is 9.94. The van der Waals surface area contributed by atoms with Crippen molar-refractivity contribution in [2.45, 2.75) is 88.8 Å². The molecule has 13 heteroatoms. The van der Waals surface area contributed by atoms with Crippen molar-refractivity contribution in [3.63, 3.8) is 0 Å². The number of ether oxygens (including phenoxy) is 1. The molecule has 2 fully saturated rings. The number of amides is 2. The van der Waals surface area contributed by atoms with E-state index in [4.69, 9.17) is 10.5 Å². The molecule has 5 aliphatic rings. The zero-order chi connectivity index (χ0) is 31.2. The fourth-order valence-electron chi connectivity index (χ4n) is 7.50. The number of carbonyl (C=O) groups is 2. The molecular formula is C31H46F2N8O3. The monoisotopic (exact) mass is 616 g/mol. The van der Waals surface area contributed by atoms with E-state index in [2.05, 4.69) is 27.8 Å². The molecule has 1 aromatic carbocycles. The van der Waals surface area contributed by atoms with Crippen LogP contribution in [0.5, 0.6) is 5.75 Å². The molecule has 2 amide bonds. The molecule has 4 heterocycles. The number of anilines is 1. The zero-order valence-electron chi connectivity index (χ0n) is 26.1. The van der Waals surface area contributed by atoms with Crippen molar-refractivity contribution in [2.24, 2.45) is 5.73 Å². The van der Waals surface area contributed by atoms with Crippen molar-refractivity contribution in [3.05, 3.63) is 34.8 Å². The van der Waals surface area contributed by atoms with Gasteiger partial charge in [0.25, 0.3) is 11.8 Å². The van der Waals surface area contributed by atoms with Crippen LogP contribution in [0.3, 0.4) is 0 Å². The Morgan fingerprint density at radius 3 is 2.55 bits per heavy atom. The van der Waals surface area contributed by atoms with E-state index in [0.717, 1.165) is 42.8 Å². The quantitative estimate of drug-likeness (QED) is 0.342. The van der Waals surface area contributed by atoms with Gasteiger partial charge in [0.1, 0.15) is 17.3 Å². The first-order valence-corrected chi connectivity index (χ1v) is 16.0. The molecule has 11 nitrogen and oxygen atoms in total. The highest BCUT2D eigenvalue weighted by atomic mass is 19.3. The van der Waals surface area contributed by atoms with E-state index < -0.39 is 11.8 Å². The number of nitrogens with one attached hydrogen (secondary N) is 3. The van der Waals surface area contributed by atoms with Crippen LogP contribution in [0.25, 0.3) is 0 Å². The topological polar surface area (TPSA) is 118 Å². The van der Waals surface area contributed by atoms with Crippen molar-refractivity contribution >= 4 is 17.5 Å². The van der Waals surface area contributed by atoms with Crippen LogP contribution >= 0.6 is 0 Å². The van der Waals surface area contributed by atoms with Crippen molar-refractivity contribution in [1.29, 1.82) is 0 Å². The summed E-state index contributed by atoms with van der Waals surface area (Å²) in [5, 5.41) is 9.74. The second kappa shape index (κ2) is 11.9. The standard InChI is InChI=1S/C31H46F2N8O3/c1-4-22-18-38(2)27-28(41(22)23-7-5-6-8-23)36-31(34,37-29(27)43)35-24-15-20-9-12-40(17-21(20)16-25(24)44-3)26(42)19-39-13-10-30(32,33)11-14-39/h15-16,22-23,35-36H,4-14,17-19,34H2,1-3H3,(H,37,43)/t22?,31-/m1/s1. The number of rotatable bonds is 7. The largest absolute Gasteiger partial charge is 0.495 e.